The third-order valence-corrected chi connectivity index (χ3v) is 3.35. The lowest BCUT2D eigenvalue weighted by Gasteiger charge is -2.36. The first-order valence-corrected chi connectivity index (χ1v) is 7.29. The molecule has 7 heteroatoms. The molecule has 1 aliphatic heterocycles. The summed E-state index contributed by atoms with van der Waals surface area (Å²) in [6.07, 6.45) is 1.12. The number of nitrogens with zero attached hydrogens (tertiary/aromatic N) is 3. The maximum atomic E-state index is 14.2. The Bertz CT molecular complexity index is 537. The number of ether oxygens (including phenoxy) is 1. The van der Waals surface area contributed by atoms with Crippen molar-refractivity contribution in [1.82, 2.24) is 9.88 Å². The highest BCUT2D eigenvalue weighted by molar-refractivity contribution is 5.68. The maximum absolute atomic E-state index is 14.2. The van der Waals surface area contributed by atoms with Gasteiger partial charge in [0.15, 0.2) is 11.6 Å². The molecule has 1 fully saturated rings. The van der Waals surface area contributed by atoms with E-state index in [2.05, 4.69) is 4.98 Å². The molecule has 1 aromatic heterocycles. The van der Waals surface area contributed by atoms with Crippen molar-refractivity contribution < 1.29 is 19.0 Å². The van der Waals surface area contributed by atoms with Crippen LogP contribution in [0.4, 0.5) is 15.0 Å². The van der Waals surface area contributed by atoms with Crippen LogP contribution in [0.1, 0.15) is 26.3 Å². The van der Waals surface area contributed by atoms with Gasteiger partial charge in [-0.1, -0.05) is 0 Å². The molecule has 0 spiro atoms. The number of anilines is 1. The molecule has 0 bridgehead atoms. The van der Waals surface area contributed by atoms with E-state index >= 15 is 0 Å². The Kier molecular flexibility index (Phi) is 4.85. The highest BCUT2D eigenvalue weighted by Crippen LogP contribution is 2.21. The Morgan fingerprint density at radius 1 is 1.36 bits per heavy atom. The van der Waals surface area contributed by atoms with Gasteiger partial charge >= 0.3 is 6.09 Å². The summed E-state index contributed by atoms with van der Waals surface area (Å²) in [5.41, 5.74) is -0.309. The molecule has 1 N–H and O–H groups in total. The number of carbonyl (C=O) groups is 1. The summed E-state index contributed by atoms with van der Waals surface area (Å²) in [6, 6.07) is 1.45. The smallest absolute Gasteiger partial charge is 0.410 e. The molecule has 6 nitrogen and oxygen atoms in total. The first kappa shape index (κ1) is 16.5. The SMILES string of the molecule is CC(C)(C)OC(=O)N1CCN(c2nccc(CO)c2F)CC1. The highest BCUT2D eigenvalue weighted by Gasteiger charge is 2.27. The molecular weight excluding hydrogens is 289 g/mol. The van der Waals surface area contributed by atoms with E-state index in [9.17, 15) is 9.18 Å². The average molecular weight is 311 g/mol. The fraction of sp³-hybridized carbons (Fsp3) is 0.600. The van der Waals surface area contributed by atoms with Gasteiger partial charge in [0.2, 0.25) is 0 Å². The molecule has 0 aliphatic carbocycles. The third-order valence-electron chi connectivity index (χ3n) is 3.35. The highest BCUT2D eigenvalue weighted by atomic mass is 19.1. The van der Waals surface area contributed by atoms with Gasteiger partial charge in [0.25, 0.3) is 0 Å². The molecule has 1 saturated heterocycles. The van der Waals surface area contributed by atoms with Crippen LogP contribution < -0.4 is 4.90 Å². The standard InChI is InChI=1S/C15H22FN3O3/c1-15(2,3)22-14(21)19-8-6-18(7-9-19)13-12(16)11(10-20)4-5-17-13/h4-5,20H,6-10H2,1-3H3. The summed E-state index contributed by atoms with van der Waals surface area (Å²) in [6.45, 7) is 6.93. The lowest BCUT2D eigenvalue weighted by atomic mass is 10.2. The zero-order valence-corrected chi connectivity index (χ0v) is 13.2. The van der Waals surface area contributed by atoms with Crippen molar-refractivity contribution in [2.45, 2.75) is 33.0 Å². The zero-order chi connectivity index (χ0) is 16.3. The fourth-order valence-corrected chi connectivity index (χ4v) is 2.24. The van der Waals surface area contributed by atoms with E-state index in [0.29, 0.717) is 26.2 Å². The topological polar surface area (TPSA) is 65.9 Å². The second-order valence-corrected chi connectivity index (χ2v) is 6.22. The molecule has 2 heterocycles. The number of pyridine rings is 1. The fourth-order valence-electron chi connectivity index (χ4n) is 2.24. The number of aliphatic hydroxyl groups is 1. The monoisotopic (exact) mass is 311 g/mol. The Labute approximate surface area is 129 Å². The third kappa shape index (κ3) is 3.85. The maximum Gasteiger partial charge on any atom is 0.410 e. The van der Waals surface area contributed by atoms with E-state index in [1.165, 1.54) is 12.3 Å². The minimum Gasteiger partial charge on any atom is -0.444 e. The van der Waals surface area contributed by atoms with Crippen LogP contribution in [-0.4, -0.2) is 52.9 Å². The number of amides is 1. The average Bonchev–Trinajstić information content (AvgIpc) is 2.46. The Morgan fingerprint density at radius 2 is 2.00 bits per heavy atom. The van der Waals surface area contributed by atoms with Crippen LogP contribution in [0.3, 0.4) is 0 Å². The van der Waals surface area contributed by atoms with Crippen molar-refractivity contribution >= 4 is 11.9 Å². The normalized spacial score (nSPS) is 15.9. The van der Waals surface area contributed by atoms with Crippen molar-refractivity contribution in [2.75, 3.05) is 31.1 Å². The molecule has 2 rings (SSSR count). The summed E-state index contributed by atoms with van der Waals surface area (Å²) >= 11 is 0. The number of carbonyl (C=O) groups excluding carboxylic acids is 1. The second-order valence-electron chi connectivity index (χ2n) is 6.22. The van der Waals surface area contributed by atoms with Crippen molar-refractivity contribution in [3.05, 3.63) is 23.6 Å². The van der Waals surface area contributed by atoms with Crippen LogP contribution in [-0.2, 0) is 11.3 Å². The van der Waals surface area contributed by atoms with E-state index in [0.717, 1.165) is 0 Å². The van der Waals surface area contributed by atoms with E-state index in [1.54, 1.807) is 9.80 Å². The van der Waals surface area contributed by atoms with Crippen LogP contribution in [0, 0.1) is 5.82 Å². The molecule has 0 unspecified atom stereocenters. The van der Waals surface area contributed by atoms with Gasteiger partial charge in [-0.25, -0.2) is 14.2 Å². The summed E-state index contributed by atoms with van der Waals surface area (Å²) in [7, 11) is 0. The molecule has 1 amide bonds. The van der Waals surface area contributed by atoms with Gasteiger partial charge in [-0.3, -0.25) is 0 Å². The lowest BCUT2D eigenvalue weighted by molar-refractivity contribution is 0.0240. The van der Waals surface area contributed by atoms with E-state index < -0.39 is 11.4 Å². The number of aliphatic hydroxyl groups excluding tert-OH is 1. The minimum atomic E-state index is -0.530. The molecule has 0 radical (unpaired) electrons. The Morgan fingerprint density at radius 3 is 2.55 bits per heavy atom. The van der Waals surface area contributed by atoms with Crippen LogP contribution in [0.2, 0.25) is 0 Å². The number of aromatic nitrogens is 1. The Balaban J connectivity index is 1.99. The molecule has 1 aromatic rings. The quantitative estimate of drug-likeness (QED) is 0.902. The van der Waals surface area contributed by atoms with Crippen LogP contribution in [0.5, 0.6) is 0 Å². The van der Waals surface area contributed by atoms with Crippen LogP contribution in [0.25, 0.3) is 0 Å². The zero-order valence-electron chi connectivity index (χ0n) is 13.2. The molecular formula is C15H22FN3O3. The van der Waals surface area contributed by atoms with E-state index in [4.69, 9.17) is 9.84 Å². The summed E-state index contributed by atoms with van der Waals surface area (Å²) < 4.78 is 19.5. The largest absolute Gasteiger partial charge is 0.444 e. The van der Waals surface area contributed by atoms with Crippen molar-refractivity contribution in [3.8, 4) is 0 Å². The van der Waals surface area contributed by atoms with Gasteiger partial charge < -0.3 is 19.6 Å². The first-order chi connectivity index (χ1) is 10.3. The van der Waals surface area contributed by atoms with Gasteiger partial charge in [-0.15, -0.1) is 0 Å². The van der Waals surface area contributed by atoms with Gasteiger partial charge in [-0.2, -0.15) is 0 Å². The number of hydrogen-bond donors (Lipinski definition) is 1. The van der Waals surface area contributed by atoms with Gasteiger partial charge in [-0.05, 0) is 26.8 Å². The van der Waals surface area contributed by atoms with Crippen molar-refractivity contribution in [1.29, 1.82) is 0 Å². The molecule has 0 atom stereocenters. The van der Waals surface area contributed by atoms with Gasteiger partial charge in [0, 0.05) is 37.9 Å². The molecule has 22 heavy (non-hydrogen) atoms. The predicted octanol–water partition coefficient (Wildman–Crippen LogP) is 1.77. The molecule has 0 aromatic carbocycles. The first-order valence-electron chi connectivity index (χ1n) is 7.29. The number of hydrogen-bond acceptors (Lipinski definition) is 5. The lowest BCUT2D eigenvalue weighted by Crippen LogP contribution is -2.50. The van der Waals surface area contributed by atoms with Gasteiger partial charge in [0.1, 0.15) is 5.60 Å². The molecule has 0 saturated carbocycles. The van der Waals surface area contributed by atoms with Crippen LogP contribution in [0.15, 0.2) is 12.3 Å². The van der Waals surface area contributed by atoms with Crippen molar-refractivity contribution in [3.63, 3.8) is 0 Å². The van der Waals surface area contributed by atoms with Crippen molar-refractivity contribution in [2.24, 2.45) is 0 Å². The molecule has 1 aliphatic rings. The van der Waals surface area contributed by atoms with E-state index in [1.807, 2.05) is 20.8 Å². The second kappa shape index (κ2) is 6.48. The van der Waals surface area contributed by atoms with E-state index in [-0.39, 0.29) is 24.1 Å². The number of halogens is 1. The predicted molar refractivity (Wildman–Crippen MR) is 80.1 cm³/mol. The minimum absolute atomic E-state index is 0.218. The van der Waals surface area contributed by atoms with Gasteiger partial charge in [0.05, 0.1) is 6.61 Å². The number of piperazine rings is 1. The summed E-state index contributed by atoms with van der Waals surface area (Å²) in [4.78, 5) is 19.4. The summed E-state index contributed by atoms with van der Waals surface area (Å²) in [5, 5.41) is 9.11. The molecule has 122 valence electrons. The number of rotatable bonds is 2. The van der Waals surface area contributed by atoms with Crippen LogP contribution >= 0.6 is 0 Å². The summed E-state index contributed by atoms with van der Waals surface area (Å²) in [5.74, 6) is -0.286. The Hall–Kier alpha value is -1.89.